The van der Waals surface area contributed by atoms with E-state index in [1.54, 1.807) is 11.2 Å². The maximum atomic E-state index is 12.4. The van der Waals surface area contributed by atoms with E-state index in [-0.39, 0.29) is 12.2 Å². The van der Waals surface area contributed by atoms with Gasteiger partial charge in [-0.05, 0) is 76.4 Å². The molecule has 202 valence electrons. The molecule has 0 bridgehead atoms. The second kappa shape index (κ2) is 11.0. The third kappa shape index (κ3) is 6.24. The van der Waals surface area contributed by atoms with Gasteiger partial charge in [-0.15, -0.1) is 0 Å². The van der Waals surface area contributed by atoms with Crippen molar-refractivity contribution in [1.29, 1.82) is 0 Å². The minimum atomic E-state index is -0.506. The molecule has 10 heteroatoms. The number of rotatable bonds is 5. The highest BCUT2D eigenvalue weighted by molar-refractivity contribution is 5.88. The summed E-state index contributed by atoms with van der Waals surface area (Å²) in [6.07, 6.45) is 3.40. The molecule has 4 heterocycles. The molecule has 38 heavy (non-hydrogen) atoms. The fraction of sp³-hybridized carbons (Fsp3) is 0.500. The predicted octanol–water partition coefficient (Wildman–Crippen LogP) is 4.69. The molecule has 2 fully saturated rings. The van der Waals surface area contributed by atoms with Crippen molar-refractivity contribution >= 4 is 34.4 Å². The number of aryl methyl sites for hydroxylation is 1. The van der Waals surface area contributed by atoms with E-state index in [0.29, 0.717) is 44.1 Å². The molecule has 2 aliphatic rings. The van der Waals surface area contributed by atoms with Gasteiger partial charge in [-0.1, -0.05) is 0 Å². The van der Waals surface area contributed by atoms with Crippen molar-refractivity contribution in [1.82, 2.24) is 19.9 Å². The first-order valence-electron chi connectivity index (χ1n) is 13.2. The minimum absolute atomic E-state index is 0.0979. The summed E-state index contributed by atoms with van der Waals surface area (Å²) < 4.78 is 17.2. The van der Waals surface area contributed by atoms with Gasteiger partial charge in [0.1, 0.15) is 35.1 Å². The van der Waals surface area contributed by atoms with Crippen LogP contribution in [0.3, 0.4) is 0 Å². The molecule has 1 atom stereocenters. The number of nitrogens with zero attached hydrogens (tertiary/aromatic N) is 5. The van der Waals surface area contributed by atoms with Crippen LogP contribution in [-0.2, 0) is 9.47 Å². The average Bonchev–Trinajstić information content (AvgIpc) is 2.90. The van der Waals surface area contributed by atoms with Crippen molar-refractivity contribution in [2.24, 2.45) is 0 Å². The molecule has 5 rings (SSSR count). The van der Waals surface area contributed by atoms with Crippen LogP contribution in [0, 0.1) is 6.92 Å². The third-order valence-corrected chi connectivity index (χ3v) is 6.57. The fourth-order valence-electron chi connectivity index (χ4n) is 4.62. The highest BCUT2D eigenvalue weighted by atomic mass is 16.6. The Morgan fingerprint density at radius 2 is 1.92 bits per heavy atom. The van der Waals surface area contributed by atoms with Crippen LogP contribution in [-0.4, -0.2) is 77.0 Å². The number of ether oxygens (including phenoxy) is 3. The number of anilines is 3. The number of aromatic nitrogens is 3. The Labute approximate surface area is 223 Å². The van der Waals surface area contributed by atoms with Crippen LogP contribution >= 0.6 is 0 Å². The van der Waals surface area contributed by atoms with Crippen LogP contribution in [0.25, 0.3) is 11.0 Å². The summed E-state index contributed by atoms with van der Waals surface area (Å²) in [5.41, 5.74) is 2.88. The number of carbonyl (C=O) groups is 1. The van der Waals surface area contributed by atoms with Crippen LogP contribution in [0.1, 0.15) is 39.2 Å². The van der Waals surface area contributed by atoms with Gasteiger partial charge in [-0.3, -0.25) is 0 Å². The standard InChI is InChI=1S/C28H36N6O4/c1-19-16-20(7-9-23(19)37-21-6-5-15-36-17-21)31-26-25-22(29-18-30-26)8-10-24(32-25)33-11-13-34(14-12-33)27(35)38-28(2,3)4/h7-10,16,18,21H,5-6,11-15,17H2,1-4H3,(H,29,30,31). The lowest BCUT2D eigenvalue weighted by atomic mass is 10.1. The van der Waals surface area contributed by atoms with Gasteiger partial charge in [-0.2, -0.15) is 0 Å². The maximum absolute atomic E-state index is 12.4. The van der Waals surface area contributed by atoms with E-state index in [1.807, 2.05) is 58.0 Å². The summed E-state index contributed by atoms with van der Waals surface area (Å²) in [7, 11) is 0. The third-order valence-electron chi connectivity index (χ3n) is 6.57. The number of benzene rings is 1. The first-order valence-corrected chi connectivity index (χ1v) is 13.2. The Bertz CT molecular complexity index is 1280. The number of hydrogen-bond acceptors (Lipinski definition) is 9. The molecule has 1 amide bonds. The Hall–Kier alpha value is -3.66. The quantitative estimate of drug-likeness (QED) is 0.513. The van der Waals surface area contributed by atoms with Crippen LogP contribution in [0.15, 0.2) is 36.7 Å². The van der Waals surface area contributed by atoms with E-state index in [9.17, 15) is 4.79 Å². The van der Waals surface area contributed by atoms with E-state index < -0.39 is 5.60 Å². The molecule has 0 aliphatic carbocycles. The molecule has 3 aromatic rings. The number of nitrogens with one attached hydrogen (secondary N) is 1. The van der Waals surface area contributed by atoms with Crippen molar-refractivity contribution in [3.63, 3.8) is 0 Å². The second-order valence-electron chi connectivity index (χ2n) is 10.8. The Morgan fingerprint density at radius 3 is 2.63 bits per heavy atom. The first kappa shape index (κ1) is 26.0. The lowest BCUT2D eigenvalue weighted by Crippen LogP contribution is -2.50. The fourth-order valence-corrected chi connectivity index (χ4v) is 4.62. The van der Waals surface area contributed by atoms with Crippen LogP contribution in [0.2, 0.25) is 0 Å². The zero-order chi connectivity index (χ0) is 26.7. The van der Waals surface area contributed by atoms with Gasteiger partial charge in [0.05, 0.1) is 12.1 Å². The Balaban J connectivity index is 1.28. The van der Waals surface area contributed by atoms with Crippen molar-refractivity contribution in [3.8, 4) is 5.75 Å². The van der Waals surface area contributed by atoms with Gasteiger partial charge in [0.25, 0.3) is 0 Å². The molecule has 1 aromatic carbocycles. The molecule has 2 aliphatic heterocycles. The van der Waals surface area contributed by atoms with E-state index in [0.717, 1.165) is 47.8 Å². The first-order chi connectivity index (χ1) is 18.2. The summed E-state index contributed by atoms with van der Waals surface area (Å²) in [6.45, 7) is 11.6. The Kier molecular flexibility index (Phi) is 7.51. The molecule has 1 unspecified atom stereocenters. The van der Waals surface area contributed by atoms with Gasteiger partial charge in [0, 0.05) is 38.5 Å². The normalized spacial score (nSPS) is 18.4. The number of fused-ring (bicyclic) bond motifs is 1. The van der Waals surface area contributed by atoms with E-state index in [2.05, 4.69) is 20.2 Å². The highest BCUT2D eigenvalue weighted by Crippen LogP contribution is 2.29. The average molecular weight is 521 g/mol. The summed E-state index contributed by atoms with van der Waals surface area (Å²) in [5, 5.41) is 3.41. The molecule has 2 saturated heterocycles. The smallest absolute Gasteiger partial charge is 0.410 e. The monoisotopic (exact) mass is 520 g/mol. The molecular formula is C28H36N6O4. The van der Waals surface area contributed by atoms with Crippen LogP contribution < -0.4 is 15.0 Å². The van der Waals surface area contributed by atoms with Crippen molar-refractivity contribution in [3.05, 3.63) is 42.2 Å². The molecule has 10 nitrogen and oxygen atoms in total. The summed E-state index contributed by atoms with van der Waals surface area (Å²) in [5.74, 6) is 2.33. The molecule has 0 spiro atoms. The number of pyridine rings is 1. The molecule has 2 aromatic heterocycles. The number of piperazine rings is 1. The van der Waals surface area contributed by atoms with Crippen molar-refractivity contribution in [2.45, 2.75) is 52.2 Å². The topological polar surface area (TPSA) is 102 Å². The molecule has 0 saturated carbocycles. The van der Waals surface area contributed by atoms with Gasteiger partial charge < -0.3 is 29.3 Å². The predicted molar refractivity (Wildman–Crippen MR) is 146 cm³/mol. The summed E-state index contributed by atoms with van der Waals surface area (Å²) >= 11 is 0. The summed E-state index contributed by atoms with van der Waals surface area (Å²) in [4.78, 5) is 30.1. The van der Waals surface area contributed by atoms with Gasteiger partial charge in [0.15, 0.2) is 5.82 Å². The largest absolute Gasteiger partial charge is 0.488 e. The zero-order valence-corrected chi connectivity index (χ0v) is 22.6. The number of amides is 1. The van der Waals surface area contributed by atoms with Crippen molar-refractivity contribution < 1.29 is 19.0 Å². The van der Waals surface area contributed by atoms with E-state index in [4.69, 9.17) is 19.2 Å². The lowest BCUT2D eigenvalue weighted by Gasteiger charge is -2.36. The lowest BCUT2D eigenvalue weighted by molar-refractivity contribution is 0.00716. The highest BCUT2D eigenvalue weighted by Gasteiger charge is 2.26. The van der Waals surface area contributed by atoms with E-state index >= 15 is 0 Å². The van der Waals surface area contributed by atoms with Crippen LogP contribution in [0.4, 0.5) is 22.1 Å². The van der Waals surface area contributed by atoms with E-state index in [1.165, 1.54) is 0 Å². The zero-order valence-electron chi connectivity index (χ0n) is 22.6. The summed E-state index contributed by atoms with van der Waals surface area (Å²) in [6, 6.07) is 9.94. The molecule has 1 N–H and O–H groups in total. The van der Waals surface area contributed by atoms with Crippen molar-refractivity contribution in [2.75, 3.05) is 49.6 Å². The minimum Gasteiger partial charge on any atom is -0.488 e. The maximum Gasteiger partial charge on any atom is 0.410 e. The number of hydrogen-bond donors (Lipinski definition) is 1. The van der Waals surface area contributed by atoms with Crippen LogP contribution in [0.5, 0.6) is 5.75 Å². The van der Waals surface area contributed by atoms with Gasteiger partial charge in [0.2, 0.25) is 0 Å². The number of carbonyl (C=O) groups excluding carboxylic acids is 1. The van der Waals surface area contributed by atoms with Gasteiger partial charge >= 0.3 is 6.09 Å². The Morgan fingerprint density at radius 1 is 1.11 bits per heavy atom. The molecule has 0 radical (unpaired) electrons. The second-order valence-corrected chi connectivity index (χ2v) is 10.8. The van der Waals surface area contributed by atoms with Gasteiger partial charge in [-0.25, -0.2) is 19.7 Å². The SMILES string of the molecule is Cc1cc(Nc2ncnc3ccc(N4CCN(C(=O)OC(C)(C)C)CC4)nc23)ccc1OC1CCCOC1. The molecular weight excluding hydrogens is 484 g/mol.